The number of Topliss-reactive ketones (excluding diaryl/α,β-unsaturated/α-hetero) is 1. The van der Waals surface area contributed by atoms with E-state index in [4.69, 9.17) is 4.74 Å². The average Bonchev–Trinajstić information content (AvgIpc) is 2.20. The Labute approximate surface area is 102 Å². The predicted molar refractivity (Wildman–Crippen MR) is 61.8 cm³/mol. The Kier molecular flexibility index (Phi) is 4.49. The van der Waals surface area contributed by atoms with Gasteiger partial charge in [-0.25, -0.2) is 4.79 Å². The second kappa shape index (κ2) is 5.65. The van der Waals surface area contributed by atoms with Crippen molar-refractivity contribution in [3.8, 4) is 5.75 Å². The zero-order valence-corrected chi connectivity index (χ0v) is 10.5. The van der Waals surface area contributed by atoms with Crippen LogP contribution in [0, 0.1) is 0 Å². The Morgan fingerprint density at radius 3 is 2.62 bits per heavy atom. The van der Waals surface area contributed by atoms with Crippen LogP contribution in [0.4, 0.5) is 4.79 Å². The number of hydrogen-bond donors (Lipinski definition) is 0. The fraction of sp³-hybridized carbons (Fsp3) is 0.273. The number of ether oxygens (including phenoxy) is 2. The largest absolute Gasteiger partial charge is 0.513 e. The van der Waals surface area contributed by atoms with Gasteiger partial charge in [0.1, 0.15) is 5.75 Å². The number of halogens is 1. The van der Waals surface area contributed by atoms with Crippen LogP contribution in [0.2, 0.25) is 0 Å². The number of ketones is 1. The molecule has 1 aromatic rings. The lowest BCUT2D eigenvalue weighted by atomic mass is 10.1. The summed E-state index contributed by atoms with van der Waals surface area (Å²) in [7, 11) is 0. The Morgan fingerprint density at radius 2 is 2.06 bits per heavy atom. The monoisotopic (exact) mass is 286 g/mol. The van der Waals surface area contributed by atoms with Gasteiger partial charge in [-0.15, -0.1) is 0 Å². The van der Waals surface area contributed by atoms with Crippen molar-refractivity contribution in [2.75, 3.05) is 6.61 Å². The van der Waals surface area contributed by atoms with Gasteiger partial charge in [-0.05, 0) is 32.0 Å². The first-order chi connectivity index (χ1) is 7.54. The number of rotatable bonds is 3. The van der Waals surface area contributed by atoms with Gasteiger partial charge in [0.15, 0.2) is 5.78 Å². The van der Waals surface area contributed by atoms with Crippen molar-refractivity contribution in [1.82, 2.24) is 0 Å². The molecule has 0 bridgehead atoms. The lowest BCUT2D eigenvalue weighted by molar-refractivity contribution is 0.0988. The van der Waals surface area contributed by atoms with Crippen LogP contribution in [0.25, 0.3) is 0 Å². The molecule has 4 nitrogen and oxygen atoms in total. The third kappa shape index (κ3) is 3.34. The predicted octanol–water partition coefficient (Wildman–Crippen LogP) is 3.19. The molecular weight excluding hydrogens is 276 g/mol. The minimum atomic E-state index is -0.813. The molecule has 0 aliphatic heterocycles. The van der Waals surface area contributed by atoms with E-state index in [2.05, 4.69) is 20.7 Å². The normalized spacial score (nSPS) is 9.69. The van der Waals surface area contributed by atoms with E-state index in [0.717, 1.165) is 4.47 Å². The van der Waals surface area contributed by atoms with Crippen LogP contribution in [-0.2, 0) is 4.74 Å². The van der Waals surface area contributed by atoms with Crippen molar-refractivity contribution in [2.24, 2.45) is 0 Å². The van der Waals surface area contributed by atoms with Gasteiger partial charge in [0.2, 0.25) is 0 Å². The van der Waals surface area contributed by atoms with Gasteiger partial charge < -0.3 is 9.47 Å². The highest BCUT2D eigenvalue weighted by molar-refractivity contribution is 9.10. The van der Waals surface area contributed by atoms with Crippen LogP contribution in [0.15, 0.2) is 22.7 Å². The zero-order valence-electron chi connectivity index (χ0n) is 8.95. The second-order valence-electron chi connectivity index (χ2n) is 2.98. The van der Waals surface area contributed by atoms with Crippen LogP contribution in [0.3, 0.4) is 0 Å². The maximum atomic E-state index is 11.3. The highest BCUT2D eigenvalue weighted by Gasteiger charge is 2.13. The van der Waals surface area contributed by atoms with Gasteiger partial charge in [-0.2, -0.15) is 0 Å². The number of hydrogen-bond acceptors (Lipinski definition) is 4. The molecule has 0 N–H and O–H groups in total. The maximum Gasteiger partial charge on any atom is 0.513 e. The molecule has 0 aliphatic carbocycles. The molecule has 0 heterocycles. The lowest BCUT2D eigenvalue weighted by Crippen LogP contribution is -2.12. The lowest BCUT2D eigenvalue weighted by Gasteiger charge is -2.07. The minimum Gasteiger partial charge on any atom is -0.434 e. The average molecular weight is 287 g/mol. The molecule has 1 aromatic carbocycles. The molecule has 5 heteroatoms. The van der Waals surface area contributed by atoms with Crippen LogP contribution < -0.4 is 4.74 Å². The Bertz CT molecular complexity index is 414. The molecule has 0 saturated heterocycles. The van der Waals surface area contributed by atoms with E-state index in [-0.39, 0.29) is 18.1 Å². The maximum absolute atomic E-state index is 11.3. The molecule has 86 valence electrons. The van der Waals surface area contributed by atoms with Crippen molar-refractivity contribution < 1.29 is 19.1 Å². The van der Waals surface area contributed by atoms with Gasteiger partial charge >= 0.3 is 6.16 Å². The molecule has 0 radical (unpaired) electrons. The number of carbonyl (C=O) groups excluding carboxylic acids is 2. The van der Waals surface area contributed by atoms with Crippen LogP contribution >= 0.6 is 15.9 Å². The Morgan fingerprint density at radius 1 is 1.38 bits per heavy atom. The highest BCUT2D eigenvalue weighted by atomic mass is 79.9. The number of carbonyl (C=O) groups is 2. The first kappa shape index (κ1) is 12.7. The molecular formula is C11H11BrO4. The summed E-state index contributed by atoms with van der Waals surface area (Å²) < 4.78 is 10.3. The third-order valence-electron chi connectivity index (χ3n) is 1.78. The highest BCUT2D eigenvalue weighted by Crippen LogP contribution is 2.24. The number of benzene rings is 1. The van der Waals surface area contributed by atoms with Crippen molar-refractivity contribution in [3.63, 3.8) is 0 Å². The van der Waals surface area contributed by atoms with Crippen molar-refractivity contribution >= 4 is 27.9 Å². The van der Waals surface area contributed by atoms with E-state index in [9.17, 15) is 9.59 Å². The summed E-state index contributed by atoms with van der Waals surface area (Å²) in [6.07, 6.45) is -0.813. The summed E-state index contributed by atoms with van der Waals surface area (Å²) in [5.74, 6) is 0.0229. The first-order valence-corrected chi connectivity index (χ1v) is 5.49. The quantitative estimate of drug-likeness (QED) is 0.486. The Hall–Kier alpha value is -1.36. The standard InChI is InChI=1S/C11H11BrO4/c1-3-15-11(14)16-10-5-4-8(12)6-9(10)7(2)13/h4-6H,3H2,1-2H3. The summed E-state index contributed by atoms with van der Waals surface area (Å²) in [6.45, 7) is 3.30. The first-order valence-electron chi connectivity index (χ1n) is 4.69. The molecule has 0 saturated carbocycles. The molecule has 0 aliphatic rings. The third-order valence-corrected chi connectivity index (χ3v) is 2.27. The molecule has 0 amide bonds. The Balaban J connectivity index is 2.95. The fourth-order valence-corrected chi connectivity index (χ4v) is 1.46. The molecule has 16 heavy (non-hydrogen) atoms. The summed E-state index contributed by atoms with van der Waals surface area (Å²) >= 11 is 3.24. The molecule has 0 spiro atoms. The van der Waals surface area contributed by atoms with Crippen LogP contribution in [0.1, 0.15) is 24.2 Å². The molecule has 0 aromatic heterocycles. The van der Waals surface area contributed by atoms with Gasteiger partial charge in [0.25, 0.3) is 0 Å². The molecule has 1 rings (SSSR count). The van der Waals surface area contributed by atoms with Gasteiger partial charge in [-0.1, -0.05) is 15.9 Å². The summed E-state index contributed by atoms with van der Waals surface area (Å²) in [4.78, 5) is 22.4. The SMILES string of the molecule is CCOC(=O)Oc1ccc(Br)cc1C(C)=O. The van der Waals surface area contributed by atoms with Crippen molar-refractivity contribution in [3.05, 3.63) is 28.2 Å². The topological polar surface area (TPSA) is 52.6 Å². The summed E-state index contributed by atoms with van der Waals surface area (Å²) in [5.41, 5.74) is 0.336. The van der Waals surface area contributed by atoms with E-state index >= 15 is 0 Å². The summed E-state index contributed by atoms with van der Waals surface area (Å²) in [5, 5.41) is 0. The molecule has 0 fully saturated rings. The minimum absolute atomic E-state index is 0.180. The van der Waals surface area contributed by atoms with Crippen molar-refractivity contribution in [2.45, 2.75) is 13.8 Å². The van der Waals surface area contributed by atoms with Gasteiger partial charge in [-0.3, -0.25) is 4.79 Å². The van der Waals surface area contributed by atoms with Gasteiger partial charge in [0.05, 0.1) is 12.2 Å². The van der Waals surface area contributed by atoms with Crippen molar-refractivity contribution in [1.29, 1.82) is 0 Å². The summed E-state index contributed by atoms with van der Waals surface area (Å²) in [6, 6.07) is 4.82. The van der Waals surface area contributed by atoms with E-state index in [1.807, 2.05) is 0 Å². The second-order valence-corrected chi connectivity index (χ2v) is 3.90. The van der Waals surface area contributed by atoms with Crippen LogP contribution in [-0.4, -0.2) is 18.5 Å². The fourth-order valence-electron chi connectivity index (χ4n) is 1.10. The molecule has 0 atom stereocenters. The van der Waals surface area contributed by atoms with E-state index < -0.39 is 6.16 Å². The van der Waals surface area contributed by atoms with E-state index in [0.29, 0.717) is 5.56 Å². The molecule has 0 unspecified atom stereocenters. The van der Waals surface area contributed by atoms with E-state index in [1.165, 1.54) is 13.0 Å². The van der Waals surface area contributed by atoms with Gasteiger partial charge in [0, 0.05) is 4.47 Å². The zero-order chi connectivity index (χ0) is 12.1. The smallest absolute Gasteiger partial charge is 0.434 e. The van der Waals surface area contributed by atoms with Crippen LogP contribution in [0.5, 0.6) is 5.75 Å². The van der Waals surface area contributed by atoms with E-state index in [1.54, 1.807) is 19.1 Å².